The van der Waals surface area contributed by atoms with E-state index in [4.69, 9.17) is 0 Å². The van der Waals surface area contributed by atoms with Gasteiger partial charge in [-0.25, -0.2) is 0 Å². The summed E-state index contributed by atoms with van der Waals surface area (Å²) >= 11 is 5.72. The molecular weight excluding hydrogens is 306 g/mol. The Hall–Kier alpha value is 0.01000. The van der Waals surface area contributed by atoms with Crippen LogP contribution in [0.4, 0.5) is 0 Å². The summed E-state index contributed by atoms with van der Waals surface area (Å²) < 4.78 is 0. The van der Waals surface area contributed by atoms with E-state index in [-0.39, 0.29) is 0 Å². The molecule has 0 bridgehead atoms. The van der Waals surface area contributed by atoms with Crippen LogP contribution in [0.25, 0.3) is 0 Å². The van der Waals surface area contributed by atoms with Gasteiger partial charge in [0.15, 0.2) is 0 Å². The van der Waals surface area contributed by atoms with Crippen LogP contribution >= 0.6 is 27.7 Å². The van der Waals surface area contributed by atoms with Crippen molar-refractivity contribution >= 4 is 27.7 Å². The highest BCUT2D eigenvalue weighted by Gasteiger charge is 2.33. The number of nitrogens with zero attached hydrogens (tertiary/aromatic N) is 1. The van der Waals surface area contributed by atoms with Crippen molar-refractivity contribution in [1.82, 2.24) is 4.90 Å². The van der Waals surface area contributed by atoms with Crippen molar-refractivity contribution in [2.45, 2.75) is 30.2 Å². The topological polar surface area (TPSA) is 3.24 Å². The molecule has 0 N–H and O–H groups in total. The van der Waals surface area contributed by atoms with Crippen LogP contribution in [0.1, 0.15) is 24.8 Å². The first-order valence-corrected chi connectivity index (χ1v) is 8.92. The van der Waals surface area contributed by atoms with Gasteiger partial charge in [-0.3, -0.25) is 4.90 Å². The Kier molecular flexibility index (Phi) is 4.02. The number of benzene rings is 1. The third-order valence-corrected chi connectivity index (χ3v) is 6.32. The molecule has 1 aromatic carbocycles. The molecule has 0 aliphatic carbocycles. The maximum absolute atomic E-state index is 3.69. The van der Waals surface area contributed by atoms with E-state index in [0.717, 1.165) is 23.2 Å². The molecule has 0 spiro atoms. The van der Waals surface area contributed by atoms with E-state index in [1.165, 1.54) is 30.2 Å². The zero-order valence-electron chi connectivity index (χ0n) is 10.8. The number of likely N-dealkylation sites (tertiary alicyclic amines) is 1. The van der Waals surface area contributed by atoms with Gasteiger partial charge < -0.3 is 0 Å². The fourth-order valence-corrected chi connectivity index (χ4v) is 5.52. The Morgan fingerprint density at radius 2 is 2.22 bits per heavy atom. The fourth-order valence-electron chi connectivity index (χ4n) is 3.23. The molecule has 2 aliphatic rings. The van der Waals surface area contributed by atoms with Gasteiger partial charge in [0.1, 0.15) is 0 Å². The standard InChI is InChI=1S/C15H20BrNS/c1-11-6-7-17(14(11)8-16)9-12-10-18-15-5-3-2-4-13(12)15/h2-5,11-12,14H,6-10H2,1H3. The van der Waals surface area contributed by atoms with Crippen LogP contribution in [0.5, 0.6) is 0 Å². The van der Waals surface area contributed by atoms with Crippen LogP contribution in [0.15, 0.2) is 29.2 Å². The Morgan fingerprint density at radius 1 is 1.39 bits per heavy atom. The van der Waals surface area contributed by atoms with Crippen molar-refractivity contribution in [2.24, 2.45) is 5.92 Å². The molecule has 0 radical (unpaired) electrons. The molecule has 0 aromatic heterocycles. The molecule has 1 fully saturated rings. The molecule has 1 saturated heterocycles. The summed E-state index contributed by atoms with van der Waals surface area (Å²) in [5.74, 6) is 2.84. The molecular formula is C15H20BrNS. The van der Waals surface area contributed by atoms with Gasteiger partial charge in [0.05, 0.1) is 0 Å². The lowest BCUT2D eigenvalue weighted by Gasteiger charge is -2.27. The van der Waals surface area contributed by atoms with E-state index in [0.29, 0.717) is 0 Å². The molecule has 1 nitrogen and oxygen atoms in total. The van der Waals surface area contributed by atoms with Crippen LogP contribution in [-0.2, 0) is 0 Å². The van der Waals surface area contributed by atoms with Gasteiger partial charge in [-0.1, -0.05) is 41.1 Å². The van der Waals surface area contributed by atoms with Crippen molar-refractivity contribution in [1.29, 1.82) is 0 Å². The van der Waals surface area contributed by atoms with Crippen molar-refractivity contribution in [3.05, 3.63) is 29.8 Å². The van der Waals surface area contributed by atoms with Crippen LogP contribution in [0.3, 0.4) is 0 Å². The van der Waals surface area contributed by atoms with Crippen molar-refractivity contribution in [2.75, 3.05) is 24.2 Å². The van der Waals surface area contributed by atoms with Gasteiger partial charge in [0.2, 0.25) is 0 Å². The number of hydrogen-bond acceptors (Lipinski definition) is 2. The zero-order valence-corrected chi connectivity index (χ0v) is 13.2. The first-order valence-electron chi connectivity index (χ1n) is 6.81. The minimum Gasteiger partial charge on any atom is -0.299 e. The number of fused-ring (bicyclic) bond motifs is 1. The van der Waals surface area contributed by atoms with E-state index in [9.17, 15) is 0 Å². The van der Waals surface area contributed by atoms with Gasteiger partial charge in [-0.05, 0) is 30.5 Å². The Balaban J connectivity index is 1.71. The van der Waals surface area contributed by atoms with Crippen LogP contribution in [0.2, 0.25) is 0 Å². The molecule has 3 rings (SSSR count). The molecule has 0 amide bonds. The zero-order chi connectivity index (χ0) is 12.5. The van der Waals surface area contributed by atoms with Crippen LogP contribution in [0, 0.1) is 5.92 Å². The highest BCUT2D eigenvalue weighted by molar-refractivity contribution is 9.09. The second-order valence-corrected chi connectivity index (χ2v) is 7.24. The highest BCUT2D eigenvalue weighted by atomic mass is 79.9. The number of hydrogen-bond donors (Lipinski definition) is 0. The summed E-state index contributed by atoms with van der Waals surface area (Å²) in [6, 6.07) is 9.68. The minimum absolute atomic E-state index is 0.734. The summed E-state index contributed by atoms with van der Waals surface area (Å²) in [5, 5.41) is 1.12. The predicted molar refractivity (Wildman–Crippen MR) is 82.8 cm³/mol. The Bertz CT molecular complexity index is 423. The monoisotopic (exact) mass is 325 g/mol. The van der Waals surface area contributed by atoms with Gasteiger partial charge >= 0.3 is 0 Å². The largest absolute Gasteiger partial charge is 0.299 e. The molecule has 3 unspecified atom stereocenters. The first-order chi connectivity index (χ1) is 8.79. The Morgan fingerprint density at radius 3 is 3.06 bits per heavy atom. The lowest BCUT2D eigenvalue weighted by atomic mass is 10.00. The lowest BCUT2D eigenvalue weighted by Crippen LogP contribution is -2.36. The average Bonchev–Trinajstić information content (AvgIpc) is 2.95. The van der Waals surface area contributed by atoms with E-state index < -0.39 is 0 Å². The maximum Gasteiger partial charge on any atom is 0.0219 e. The molecule has 2 heterocycles. The highest BCUT2D eigenvalue weighted by Crippen LogP contribution is 2.40. The predicted octanol–water partition coefficient (Wildman–Crippen LogP) is 3.98. The normalized spacial score (nSPS) is 31.8. The van der Waals surface area contributed by atoms with Gasteiger partial charge in [0, 0.05) is 34.5 Å². The number of thioether (sulfide) groups is 1. The summed E-state index contributed by atoms with van der Waals surface area (Å²) in [5.41, 5.74) is 1.58. The molecule has 18 heavy (non-hydrogen) atoms. The van der Waals surface area contributed by atoms with E-state index in [1.807, 2.05) is 11.8 Å². The summed E-state index contributed by atoms with van der Waals surface area (Å²) in [7, 11) is 0. The van der Waals surface area contributed by atoms with Gasteiger partial charge in [-0.15, -0.1) is 11.8 Å². The Labute approximate surface area is 122 Å². The lowest BCUT2D eigenvalue weighted by molar-refractivity contribution is 0.242. The number of halogens is 1. The average molecular weight is 326 g/mol. The van der Waals surface area contributed by atoms with Crippen molar-refractivity contribution < 1.29 is 0 Å². The second kappa shape index (κ2) is 5.56. The molecule has 3 heteroatoms. The van der Waals surface area contributed by atoms with Crippen molar-refractivity contribution in [3.63, 3.8) is 0 Å². The van der Waals surface area contributed by atoms with Crippen LogP contribution < -0.4 is 0 Å². The van der Waals surface area contributed by atoms with Crippen LogP contribution in [-0.4, -0.2) is 35.1 Å². The third kappa shape index (κ3) is 2.37. The quantitative estimate of drug-likeness (QED) is 0.773. The second-order valence-electron chi connectivity index (χ2n) is 5.53. The van der Waals surface area contributed by atoms with Gasteiger partial charge in [-0.2, -0.15) is 0 Å². The summed E-state index contributed by atoms with van der Waals surface area (Å²) in [4.78, 5) is 4.21. The molecule has 3 atom stereocenters. The SMILES string of the molecule is CC1CCN(CC2CSc3ccccc32)C1CBr. The summed E-state index contributed by atoms with van der Waals surface area (Å²) in [6.07, 6.45) is 1.36. The third-order valence-electron chi connectivity index (χ3n) is 4.41. The number of rotatable bonds is 3. The fraction of sp³-hybridized carbons (Fsp3) is 0.600. The minimum atomic E-state index is 0.734. The van der Waals surface area contributed by atoms with E-state index >= 15 is 0 Å². The molecule has 0 saturated carbocycles. The van der Waals surface area contributed by atoms with E-state index in [1.54, 1.807) is 5.56 Å². The maximum atomic E-state index is 3.69. The van der Waals surface area contributed by atoms with E-state index in [2.05, 4.69) is 52.0 Å². The smallest absolute Gasteiger partial charge is 0.0219 e. The van der Waals surface area contributed by atoms with Gasteiger partial charge in [0.25, 0.3) is 0 Å². The van der Waals surface area contributed by atoms with Crippen molar-refractivity contribution in [3.8, 4) is 0 Å². The number of alkyl halides is 1. The first kappa shape index (κ1) is 13.0. The molecule has 98 valence electrons. The molecule has 2 aliphatic heterocycles. The molecule has 1 aromatic rings. The summed E-state index contributed by atoms with van der Waals surface area (Å²) in [6.45, 7) is 4.91.